The first-order valence-corrected chi connectivity index (χ1v) is 9.64. The Hall–Kier alpha value is -0.610. The molecule has 0 spiro atoms. The minimum atomic E-state index is 0.141. The maximum absolute atomic E-state index is 11.8. The Labute approximate surface area is 142 Å². The number of rotatable bonds is 6. The second kappa shape index (κ2) is 9.03. The van der Waals surface area contributed by atoms with Crippen LogP contribution in [0.15, 0.2) is 0 Å². The number of hydrogen-bond donors (Lipinski definition) is 3. The van der Waals surface area contributed by atoms with E-state index in [4.69, 9.17) is 0 Å². The summed E-state index contributed by atoms with van der Waals surface area (Å²) < 4.78 is 0. The van der Waals surface area contributed by atoms with E-state index in [1.165, 1.54) is 38.5 Å². The normalized spacial score (nSPS) is 38.3. The molecule has 2 fully saturated rings. The number of nitrogens with one attached hydrogen (secondary N) is 3. The van der Waals surface area contributed by atoms with E-state index in [0.29, 0.717) is 18.5 Å². The molecular formula is C19H37N3O. The zero-order valence-corrected chi connectivity index (χ0v) is 15.5. The third kappa shape index (κ3) is 5.46. The minimum Gasteiger partial charge on any atom is -0.352 e. The van der Waals surface area contributed by atoms with Crippen LogP contribution in [0.2, 0.25) is 0 Å². The molecule has 6 atom stereocenters. The average molecular weight is 324 g/mol. The first kappa shape index (κ1) is 18.7. The van der Waals surface area contributed by atoms with E-state index in [2.05, 4.69) is 36.8 Å². The maximum atomic E-state index is 11.8. The topological polar surface area (TPSA) is 53.2 Å². The summed E-state index contributed by atoms with van der Waals surface area (Å²) in [5.41, 5.74) is 0. The Morgan fingerprint density at radius 3 is 1.96 bits per heavy atom. The summed E-state index contributed by atoms with van der Waals surface area (Å²) in [6, 6.07) is 1.11. The molecule has 23 heavy (non-hydrogen) atoms. The number of carbonyl (C=O) groups excluding carboxylic acids is 1. The highest BCUT2D eigenvalue weighted by atomic mass is 16.1. The van der Waals surface area contributed by atoms with E-state index in [-0.39, 0.29) is 5.91 Å². The maximum Gasteiger partial charge on any atom is 0.234 e. The van der Waals surface area contributed by atoms with Crippen molar-refractivity contribution in [2.75, 3.05) is 20.6 Å². The van der Waals surface area contributed by atoms with Gasteiger partial charge in [-0.25, -0.2) is 0 Å². The van der Waals surface area contributed by atoms with Gasteiger partial charge in [-0.05, 0) is 82.7 Å². The van der Waals surface area contributed by atoms with Crippen molar-refractivity contribution in [1.29, 1.82) is 0 Å². The van der Waals surface area contributed by atoms with Crippen LogP contribution < -0.4 is 16.0 Å². The summed E-state index contributed by atoms with van der Waals surface area (Å²) in [5.74, 6) is 3.35. The SMILES string of the molecule is CNCC(=O)NC1CCC(CC2CCC(NC)C(C)C2)CC1C. The van der Waals surface area contributed by atoms with Crippen molar-refractivity contribution in [2.45, 2.75) is 70.9 Å². The third-order valence-electron chi connectivity index (χ3n) is 6.28. The van der Waals surface area contributed by atoms with Gasteiger partial charge in [0.15, 0.2) is 0 Å². The van der Waals surface area contributed by atoms with E-state index in [1.807, 2.05) is 7.05 Å². The van der Waals surface area contributed by atoms with Crippen LogP contribution in [0.3, 0.4) is 0 Å². The van der Waals surface area contributed by atoms with Crippen molar-refractivity contribution >= 4 is 5.91 Å². The fourth-order valence-corrected chi connectivity index (χ4v) is 4.98. The highest BCUT2D eigenvalue weighted by Gasteiger charge is 2.32. The number of likely N-dealkylation sites (N-methyl/N-ethyl adjacent to an activating group) is 1. The summed E-state index contributed by atoms with van der Waals surface area (Å²) in [5, 5.41) is 9.61. The van der Waals surface area contributed by atoms with E-state index in [0.717, 1.165) is 30.2 Å². The molecule has 0 aromatic carbocycles. The standard InChI is InChI=1S/C19H37N3O/c1-13-9-15(5-7-17(13)21-4)11-16-6-8-18(14(2)10-16)22-19(23)12-20-3/h13-18,20-21H,5-12H2,1-4H3,(H,22,23). The monoisotopic (exact) mass is 323 g/mol. The predicted molar refractivity (Wildman–Crippen MR) is 96.3 cm³/mol. The highest BCUT2D eigenvalue weighted by Crippen LogP contribution is 2.38. The fourth-order valence-electron chi connectivity index (χ4n) is 4.98. The lowest BCUT2D eigenvalue weighted by Crippen LogP contribution is -2.45. The van der Waals surface area contributed by atoms with Crippen molar-refractivity contribution < 1.29 is 4.79 Å². The van der Waals surface area contributed by atoms with Crippen molar-refractivity contribution in [3.8, 4) is 0 Å². The van der Waals surface area contributed by atoms with Gasteiger partial charge in [-0.2, -0.15) is 0 Å². The molecule has 0 bridgehead atoms. The lowest BCUT2D eigenvalue weighted by molar-refractivity contribution is -0.121. The highest BCUT2D eigenvalue weighted by molar-refractivity contribution is 5.78. The molecule has 4 heteroatoms. The molecule has 2 saturated carbocycles. The van der Waals surface area contributed by atoms with Crippen molar-refractivity contribution in [1.82, 2.24) is 16.0 Å². The first-order valence-electron chi connectivity index (χ1n) is 9.64. The largest absolute Gasteiger partial charge is 0.352 e. The van der Waals surface area contributed by atoms with Gasteiger partial charge in [0.05, 0.1) is 6.54 Å². The first-order chi connectivity index (χ1) is 11.0. The van der Waals surface area contributed by atoms with Crippen molar-refractivity contribution in [3.05, 3.63) is 0 Å². The number of amides is 1. The van der Waals surface area contributed by atoms with E-state index in [1.54, 1.807) is 0 Å². The van der Waals surface area contributed by atoms with E-state index >= 15 is 0 Å². The van der Waals surface area contributed by atoms with Gasteiger partial charge in [0.1, 0.15) is 0 Å². The second-order valence-corrected chi connectivity index (χ2v) is 8.15. The molecule has 6 unspecified atom stereocenters. The third-order valence-corrected chi connectivity index (χ3v) is 6.28. The van der Waals surface area contributed by atoms with E-state index < -0.39 is 0 Å². The van der Waals surface area contributed by atoms with Gasteiger partial charge >= 0.3 is 0 Å². The summed E-state index contributed by atoms with van der Waals surface area (Å²) in [6.45, 7) is 5.15. The van der Waals surface area contributed by atoms with Crippen molar-refractivity contribution in [2.24, 2.45) is 23.7 Å². The molecule has 0 heterocycles. The molecule has 3 N–H and O–H groups in total. The van der Waals surface area contributed by atoms with Gasteiger partial charge in [0, 0.05) is 12.1 Å². The summed E-state index contributed by atoms with van der Waals surface area (Å²) in [6.07, 6.45) is 9.25. The molecular weight excluding hydrogens is 286 g/mol. The Kier molecular flexibility index (Phi) is 7.35. The molecule has 2 aliphatic rings. The molecule has 1 amide bonds. The quantitative estimate of drug-likeness (QED) is 0.704. The molecule has 4 nitrogen and oxygen atoms in total. The summed E-state index contributed by atoms with van der Waals surface area (Å²) in [4.78, 5) is 11.8. The van der Waals surface area contributed by atoms with Crippen LogP contribution in [0, 0.1) is 23.7 Å². The molecule has 0 radical (unpaired) electrons. The van der Waals surface area contributed by atoms with Gasteiger partial charge < -0.3 is 16.0 Å². The molecule has 134 valence electrons. The Balaban J connectivity index is 1.74. The Morgan fingerprint density at radius 1 is 0.913 bits per heavy atom. The molecule has 2 rings (SSSR count). The van der Waals surface area contributed by atoms with Crippen molar-refractivity contribution in [3.63, 3.8) is 0 Å². The van der Waals surface area contributed by atoms with Crippen LogP contribution in [0.4, 0.5) is 0 Å². The lowest BCUT2D eigenvalue weighted by atomic mass is 9.70. The van der Waals surface area contributed by atoms with Gasteiger partial charge in [-0.3, -0.25) is 4.79 Å². The Bertz CT molecular complexity index is 374. The summed E-state index contributed by atoms with van der Waals surface area (Å²) in [7, 11) is 3.93. The fraction of sp³-hybridized carbons (Fsp3) is 0.947. The van der Waals surface area contributed by atoms with Crippen LogP contribution in [-0.4, -0.2) is 38.6 Å². The molecule has 2 aliphatic carbocycles. The van der Waals surface area contributed by atoms with Crippen LogP contribution >= 0.6 is 0 Å². The van der Waals surface area contributed by atoms with Gasteiger partial charge in [-0.1, -0.05) is 13.8 Å². The van der Waals surface area contributed by atoms with E-state index in [9.17, 15) is 4.79 Å². The predicted octanol–water partition coefficient (Wildman–Crippen LogP) is 2.54. The number of hydrogen-bond acceptors (Lipinski definition) is 3. The average Bonchev–Trinajstić information content (AvgIpc) is 2.50. The minimum absolute atomic E-state index is 0.141. The summed E-state index contributed by atoms with van der Waals surface area (Å²) >= 11 is 0. The second-order valence-electron chi connectivity index (χ2n) is 8.15. The zero-order chi connectivity index (χ0) is 16.8. The van der Waals surface area contributed by atoms with Crippen LogP contribution in [0.25, 0.3) is 0 Å². The smallest absolute Gasteiger partial charge is 0.234 e. The van der Waals surface area contributed by atoms with Gasteiger partial charge in [-0.15, -0.1) is 0 Å². The van der Waals surface area contributed by atoms with Crippen LogP contribution in [0.5, 0.6) is 0 Å². The van der Waals surface area contributed by atoms with Crippen LogP contribution in [-0.2, 0) is 4.79 Å². The molecule has 0 aliphatic heterocycles. The molecule has 0 saturated heterocycles. The number of carbonyl (C=O) groups is 1. The Morgan fingerprint density at radius 2 is 1.48 bits per heavy atom. The zero-order valence-electron chi connectivity index (χ0n) is 15.5. The van der Waals surface area contributed by atoms with Gasteiger partial charge in [0.2, 0.25) is 5.91 Å². The molecule has 0 aromatic heterocycles. The van der Waals surface area contributed by atoms with Crippen LogP contribution in [0.1, 0.15) is 58.8 Å². The molecule has 0 aromatic rings. The lowest BCUT2D eigenvalue weighted by Gasteiger charge is -2.39. The van der Waals surface area contributed by atoms with Gasteiger partial charge in [0.25, 0.3) is 0 Å².